The Morgan fingerprint density at radius 2 is 1.79 bits per heavy atom. The molecule has 2 fully saturated rings. The lowest BCUT2D eigenvalue weighted by Crippen LogP contribution is -2.44. The molecule has 0 aliphatic carbocycles. The molecule has 0 bridgehead atoms. The maximum absolute atomic E-state index is 6.24. The Labute approximate surface area is 221 Å². The molecule has 2 aliphatic rings. The second kappa shape index (κ2) is 9.74. The second-order valence-electron chi connectivity index (χ2n) is 10.4. The summed E-state index contributed by atoms with van der Waals surface area (Å²) in [6.45, 7) is 6.15. The number of piperidine rings is 1. The number of rotatable bonds is 5. The van der Waals surface area contributed by atoms with Crippen LogP contribution in [0.3, 0.4) is 0 Å². The first kappa shape index (κ1) is 23.2. The third-order valence-corrected chi connectivity index (χ3v) is 7.81. The number of fused-ring (bicyclic) bond motifs is 2. The Kier molecular flexibility index (Phi) is 5.94. The fourth-order valence-corrected chi connectivity index (χ4v) is 5.61. The first-order valence-corrected chi connectivity index (χ1v) is 13.4. The van der Waals surface area contributed by atoms with Crippen molar-refractivity contribution >= 4 is 27.6 Å². The minimum absolute atomic E-state index is 0.239. The molecule has 0 unspecified atom stereocenters. The molecule has 3 N–H and O–H groups in total. The summed E-state index contributed by atoms with van der Waals surface area (Å²) in [4.78, 5) is 17.5. The zero-order valence-corrected chi connectivity index (χ0v) is 21.6. The Bertz CT molecular complexity index is 1580. The van der Waals surface area contributed by atoms with Gasteiger partial charge in [-0.2, -0.15) is 5.10 Å². The second-order valence-corrected chi connectivity index (χ2v) is 10.4. The van der Waals surface area contributed by atoms with E-state index in [1.807, 2.05) is 18.6 Å². The zero-order chi connectivity index (χ0) is 25.5. The normalized spacial score (nSPS) is 17.4. The Morgan fingerprint density at radius 1 is 0.921 bits per heavy atom. The molecule has 5 aromatic rings. The molecule has 0 radical (unpaired) electrons. The van der Waals surface area contributed by atoms with Crippen LogP contribution >= 0.6 is 0 Å². The van der Waals surface area contributed by atoms with E-state index in [9.17, 15) is 0 Å². The predicted molar refractivity (Wildman–Crippen MR) is 151 cm³/mol. The van der Waals surface area contributed by atoms with Crippen molar-refractivity contribution < 1.29 is 4.74 Å². The quantitative estimate of drug-likeness (QED) is 0.329. The third-order valence-electron chi connectivity index (χ3n) is 7.81. The van der Waals surface area contributed by atoms with Crippen LogP contribution in [0, 0.1) is 0 Å². The van der Waals surface area contributed by atoms with Crippen LogP contribution in [0.25, 0.3) is 44.5 Å². The Hall–Kier alpha value is -3.95. The number of likely N-dealkylation sites (N-methyl/N-ethyl adjacent to an activating group) is 1. The minimum Gasteiger partial charge on any atom is -0.489 e. The molecule has 4 aromatic heterocycles. The molecule has 6 heterocycles. The number of H-pyrrole nitrogens is 2. The van der Waals surface area contributed by atoms with Gasteiger partial charge in [-0.15, -0.1) is 0 Å². The maximum atomic E-state index is 6.24. The highest BCUT2D eigenvalue weighted by Crippen LogP contribution is 2.35. The molecule has 1 aromatic carbocycles. The van der Waals surface area contributed by atoms with E-state index in [0.29, 0.717) is 0 Å². The molecule has 0 saturated carbocycles. The van der Waals surface area contributed by atoms with Crippen LogP contribution in [-0.4, -0.2) is 82.5 Å². The standard InChI is InChI=1S/C29H32N8O/c1-36-10-12-37(13-11-36)27-6-9-32-29-24(27)16-26(33-29)28-23-15-19(2-3-25(23)34-35-28)20-14-22(18-31-17-20)38-21-4-7-30-8-5-21/h2-3,6,9,14-18,21,30H,4-5,7-8,10-13H2,1H3,(H,32,33)(H,34,35). The van der Waals surface area contributed by atoms with Gasteiger partial charge in [-0.3, -0.25) is 10.1 Å². The van der Waals surface area contributed by atoms with Crippen LogP contribution in [0.2, 0.25) is 0 Å². The molecule has 0 amide bonds. The summed E-state index contributed by atoms with van der Waals surface area (Å²) < 4.78 is 6.24. The van der Waals surface area contributed by atoms with Gasteiger partial charge in [0.1, 0.15) is 23.2 Å². The van der Waals surface area contributed by atoms with Crippen molar-refractivity contribution in [2.75, 3.05) is 51.2 Å². The average molecular weight is 509 g/mol. The van der Waals surface area contributed by atoms with Crippen molar-refractivity contribution in [2.24, 2.45) is 0 Å². The third kappa shape index (κ3) is 4.37. The highest BCUT2D eigenvalue weighted by molar-refractivity contribution is 5.99. The van der Waals surface area contributed by atoms with E-state index < -0.39 is 0 Å². The Morgan fingerprint density at radius 3 is 2.66 bits per heavy atom. The summed E-state index contributed by atoms with van der Waals surface area (Å²) in [6, 6.07) is 12.8. The number of nitrogens with one attached hydrogen (secondary N) is 3. The smallest absolute Gasteiger partial charge is 0.139 e. The van der Waals surface area contributed by atoms with E-state index in [4.69, 9.17) is 9.84 Å². The predicted octanol–water partition coefficient (Wildman–Crippen LogP) is 4.05. The highest BCUT2D eigenvalue weighted by Gasteiger charge is 2.20. The number of nitrogens with zero attached hydrogens (tertiary/aromatic N) is 5. The maximum Gasteiger partial charge on any atom is 0.139 e. The number of ether oxygens (including phenoxy) is 1. The molecule has 7 rings (SSSR count). The van der Waals surface area contributed by atoms with Gasteiger partial charge in [-0.25, -0.2) is 4.98 Å². The number of pyridine rings is 2. The average Bonchev–Trinajstić information content (AvgIpc) is 3.58. The number of aromatic nitrogens is 5. The molecular weight excluding hydrogens is 476 g/mol. The summed E-state index contributed by atoms with van der Waals surface area (Å²) in [5, 5.41) is 13.5. The van der Waals surface area contributed by atoms with Crippen LogP contribution in [0.1, 0.15) is 12.8 Å². The van der Waals surface area contributed by atoms with Gasteiger partial charge in [0.2, 0.25) is 0 Å². The topological polar surface area (TPSA) is 98.0 Å². The lowest BCUT2D eigenvalue weighted by Gasteiger charge is -2.34. The zero-order valence-electron chi connectivity index (χ0n) is 21.6. The molecular formula is C29H32N8O. The van der Waals surface area contributed by atoms with E-state index in [2.05, 4.69) is 78.6 Å². The van der Waals surface area contributed by atoms with E-state index in [1.54, 1.807) is 0 Å². The molecule has 9 nitrogen and oxygen atoms in total. The molecule has 9 heteroatoms. The largest absolute Gasteiger partial charge is 0.489 e. The first-order valence-electron chi connectivity index (χ1n) is 13.4. The van der Waals surface area contributed by atoms with Crippen molar-refractivity contribution in [3.63, 3.8) is 0 Å². The fraction of sp³-hybridized carbons (Fsp3) is 0.345. The van der Waals surface area contributed by atoms with Crippen LogP contribution in [0.15, 0.2) is 55.0 Å². The van der Waals surface area contributed by atoms with Crippen LogP contribution in [0.5, 0.6) is 5.75 Å². The van der Waals surface area contributed by atoms with Gasteiger partial charge >= 0.3 is 0 Å². The highest BCUT2D eigenvalue weighted by atomic mass is 16.5. The summed E-state index contributed by atoms with van der Waals surface area (Å²) >= 11 is 0. The van der Waals surface area contributed by atoms with Gasteiger partial charge in [0.05, 0.1) is 17.4 Å². The number of benzene rings is 1. The molecule has 2 saturated heterocycles. The van der Waals surface area contributed by atoms with Gasteiger partial charge in [0.25, 0.3) is 0 Å². The van der Waals surface area contributed by atoms with Gasteiger partial charge in [0.15, 0.2) is 0 Å². The van der Waals surface area contributed by atoms with Crippen LogP contribution in [-0.2, 0) is 0 Å². The fourth-order valence-electron chi connectivity index (χ4n) is 5.61. The first-order chi connectivity index (χ1) is 18.7. The Balaban J connectivity index is 1.22. The van der Waals surface area contributed by atoms with E-state index >= 15 is 0 Å². The summed E-state index contributed by atoms with van der Waals surface area (Å²) in [6.07, 6.45) is 7.87. The molecule has 38 heavy (non-hydrogen) atoms. The van der Waals surface area contributed by atoms with Crippen molar-refractivity contribution in [2.45, 2.75) is 18.9 Å². The SMILES string of the molecule is CN1CCN(c2ccnc3[nH]c(-c4n[nH]c5ccc(-c6cncc(OC7CCNCC7)c6)cc45)cc23)CC1. The molecule has 0 spiro atoms. The van der Waals surface area contributed by atoms with Crippen LogP contribution < -0.4 is 15.0 Å². The number of hydrogen-bond acceptors (Lipinski definition) is 7. The van der Waals surface area contributed by atoms with Gasteiger partial charge < -0.3 is 24.8 Å². The van der Waals surface area contributed by atoms with Crippen molar-refractivity contribution in [1.29, 1.82) is 0 Å². The van der Waals surface area contributed by atoms with E-state index in [0.717, 1.165) is 102 Å². The van der Waals surface area contributed by atoms with Crippen molar-refractivity contribution in [3.8, 4) is 28.3 Å². The van der Waals surface area contributed by atoms with Crippen molar-refractivity contribution in [1.82, 2.24) is 35.4 Å². The molecule has 2 aliphatic heterocycles. The van der Waals surface area contributed by atoms with Gasteiger partial charge in [-0.05, 0) is 68.9 Å². The van der Waals surface area contributed by atoms with Gasteiger partial charge in [0, 0.05) is 60.6 Å². The summed E-state index contributed by atoms with van der Waals surface area (Å²) in [7, 11) is 2.18. The molecule has 194 valence electrons. The minimum atomic E-state index is 0.239. The number of aromatic amines is 2. The lowest BCUT2D eigenvalue weighted by atomic mass is 10.0. The van der Waals surface area contributed by atoms with E-state index in [1.165, 1.54) is 5.69 Å². The van der Waals surface area contributed by atoms with E-state index in [-0.39, 0.29) is 6.10 Å². The summed E-state index contributed by atoms with van der Waals surface area (Å²) in [5.74, 6) is 0.819. The van der Waals surface area contributed by atoms with Gasteiger partial charge in [-0.1, -0.05) is 6.07 Å². The monoisotopic (exact) mass is 508 g/mol. The van der Waals surface area contributed by atoms with Crippen LogP contribution in [0.4, 0.5) is 5.69 Å². The number of anilines is 1. The lowest BCUT2D eigenvalue weighted by molar-refractivity contribution is 0.162. The number of piperazine rings is 1. The number of hydrogen-bond donors (Lipinski definition) is 3. The summed E-state index contributed by atoms with van der Waals surface area (Å²) in [5.41, 5.74) is 7.05. The van der Waals surface area contributed by atoms with Crippen molar-refractivity contribution in [3.05, 3.63) is 55.0 Å². The molecule has 0 atom stereocenters.